The van der Waals surface area contributed by atoms with Crippen molar-refractivity contribution in [2.45, 2.75) is 67.1 Å². The van der Waals surface area contributed by atoms with Gasteiger partial charge in [0.1, 0.15) is 34.2 Å². The number of rotatable bonds is 15. The highest BCUT2D eigenvalue weighted by Crippen LogP contribution is 2.32. The molecule has 9 rings (SSSR count). The van der Waals surface area contributed by atoms with Crippen LogP contribution in [0.15, 0.2) is 70.4 Å². The van der Waals surface area contributed by atoms with Crippen molar-refractivity contribution in [1.82, 2.24) is 64.1 Å². The molecule has 0 radical (unpaired) electrons. The van der Waals surface area contributed by atoms with Gasteiger partial charge in [0.05, 0.1) is 48.0 Å². The number of aromatic amines is 2. The Bertz CT molecular complexity index is 2890. The summed E-state index contributed by atoms with van der Waals surface area (Å²) in [4.78, 5) is 55.7. The molecule has 67 heavy (non-hydrogen) atoms. The van der Waals surface area contributed by atoms with E-state index >= 15 is 0 Å². The Morgan fingerprint density at radius 1 is 0.657 bits per heavy atom. The van der Waals surface area contributed by atoms with Gasteiger partial charge in [-0.05, 0) is 87.8 Å². The molecule has 2 fully saturated rings. The molecule has 0 amide bonds. The van der Waals surface area contributed by atoms with E-state index in [4.69, 9.17) is 19.4 Å². The molecule has 2 saturated heterocycles. The fraction of sp³-hybridized carbons (Fsp3) is 0.460. The fourth-order valence-electron chi connectivity index (χ4n) is 8.91. The number of piperazine rings is 2. The molecule has 0 bridgehead atoms. The van der Waals surface area contributed by atoms with Gasteiger partial charge in [0.2, 0.25) is 0 Å². The number of pyridine rings is 1. The number of nitrogens with one attached hydrogen (secondary N) is 2. The molecule has 0 aliphatic carbocycles. The molecule has 2 N–H and O–H groups in total. The van der Waals surface area contributed by atoms with Gasteiger partial charge in [-0.25, -0.2) is 9.97 Å². The standard InChI is InChI=1S/C29H37N7O2.C21H28N6O2/c1-4-17-38-25-11-10-21(19-35-15-13-34(6-3)14-16-35)18-23(25)28-31-26-24(5-2)36(33-27(26)29(37)32-28)20-22-9-7-8-12-30-22;1-5-29-17-7-6-15(13-27-10-8-25(3)9-11-27)12-16(17)20-22-18-14(2)24-26(4)19(18)21(28)23-20/h7-12,18H,4-6,13-17,19-20H2,1-3H3,(H,31,32,37);6-7,12H,5,8-11,13H2,1-4H3,(H,22,23,28). The summed E-state index contributed by atoms with van der Waals surface area (Å²) in [5.74, 6) is 2.48. The van der Waals surface area contributed by atoms with E-state index in [1.807, 2.05) is 48.9 Å². The first-order valence-electron chi connectivity index (χ1n) is 23.8. The number of hydrogen-bond acceptors (Lipinski definition) is 13. The minimum atomic E-state index is -0.248. The first-order chi connectivity index (χ1) is 32.5. The van der Waals surface area contributed by atoms with Gasteiger partial charge in [0.15, 0.2) is 11.0 Å². The first-order valence-corrected chi connectivity index (χ1v) is 23.8. The van der Waals surface area contributed by atoms with Gasteiger partial charge in [-0.2, -0.15) is 10.2 Å². The molecule has 0 spiro atoms. The Labute approximate surface area is 391 Å². The van der Waals surface area contributed by atoms with Gasteiger partial charge in [-0.1, -0.05) is 39.0 Å². The molecular formula is C50H65N13O4. The number of nitrogens with zero attached hydrogens (tertiary/aromatic N) is 11. The van der Waals surface area contributed by atoms with Crippen molar-refractivity contribution in [2.24, 2.45) is 7.05 Å². The molecule has 7 aromatic rings. The Kier molecular flexibility index (Phi) is 15.2. The number of aromatic nitrogens is 9. The molecule has 2 aliphatic heterocycles. The van der Waals surface area contributed by atoms with Crippen LogP contribution in [-0.2, 0) is 33.1 Å². The van der Waals surface area contributed by atoms with E-state index in [9.17, 15) is 9.59 Å². The van der Waals surface area contributed by atoms with E-state index < -0.39 is 0 Å². The van der Waals surface area contributed by atoms with Crippen LogP contribution in [0.3, 0.4) is 0 Å². The zero-order valence-corrected chi connectivity index (χ0v) is 40.1. The fourth-order valence-corrected chi connectivity index (χ4v) is 8.91. The second-order valence-electron chi connectivity index (χ2n) is 17.4. The average Bonchev–Trinajstić information content (AvgIpc) is 3.85. The molecule has 7 heterocycles. The van der Waals surface area contributed by atoms with Crippen molar-refractivity contribution < 1.29 is 9.47 Å². The summed E-state index contributed by atoms with van der Waals surface area (Å²) in [6, 6.07) is 18.2. The van der Waals surface area contributed by atoms with Crippen molar-refractivity contribution >= 4 is 22.1 Å². The van der Waals surface area contributed by atoms with E-state index in [0.29, 0.717) is 59.9 Å². The van der Waals surface area contributed by atoms with Crippen molar-refractivity contribution in [2.75, 3.05) is 79.2 Å². The minimum Gasteiger partial charge on any atom is -0.493 e. The van der Waals surface area contributed by atoms with Crippen molar-refractivity contribution in [3.63, 3.8) is 0 Å². The predicted octanol–water partition coefficient (Wildman–Crippen LogP) is 5.50. The van der Waals surface area contributed by atoms with E-state index in [1.165, 1.54) is 11.1 Å². The second-order valence-corrected chi connectivity index (χ2v) is 17.4. The lowest BCUT2D eigenvalue weighted by Crippen LogP contribution is -2.45. The number of hydrogen-bond donors (Lipinski definition) is 2. The number of ether oxygens (including phenoxy) is 2. The van der Waals surface area contributed by atoms with Crippen LogP contribution in [0.1, 0.15) is 62.3 Å². The molecule has 0 unspecified atom stereocenters. The molecule has 17 nitrogen and oxygen atoms in total. The highest BCUT2D eigenvalue weighted by molar-refractivity contribution is 5.80. The molecular weight excluding hydrogens is 847 g/mol. The van der Waals surface area contributed by atoms with E-state index in [-0.39, 0.29) is 11.1 Å². The van der Waals surface area contributed by atoms with Crippen LogP contribution in [0.25, 0.3) is 44.8 Å². The van der Waals surface area contributed by atoms with Gasteiger partial charge >= 0.3 is 0 Å². The third kappa shape index (κ3) is 11.0. The topological polar surface area (TPSA) is 171 Å². The highest BCUT2D eigenvalue weighted by atomic mass is 16.5. The maximum atomic E-state index is 13.3. The summed E-state index contributed by atoms with van der Waals surface area (Å²) in [6.07, 6.45) is 3.36. The van der Waals surface area contributed by atoms with Crippen LogP contribution < -0.4 is 20.6 Å². The third-order valence-corrected chi connectivity index (χ3v) is 12.6. The summed E-state index contributed by atoms with van der Waals surface area (Å²) >= 11 is 0. The number of aryl methyl sites for hydroxylation is 3. The maximum absolute atomic E-state index is 13.3. The quantitative estimate of drug-likeness (QED) is 0.132. The number of fused-ring (bicyclic) bond motifs is 2. The van der Waals surface area contributed by atoms with Crippen LogP contribution in [0.5, 0.6) is 11.5 Å². The normalized spacial score (nSPS) is 15.3. The van der Waals surface area contributed by atoms with Crippen molar-refractivity contribution in [3.8, 4) is 34.3 Å². The van der Waals surface area contributed by atoms with Crippen LogP contribution in [0.4, 0.5) is 0 Å². The first kappa shape index (κ1) is 47.2. The lowest BCUT2D eigenvalue weighted by Gasteiger charge is -2.34. The monoisotopic (exact) mass is 912 g/mol. The Hall–Kier alpha value is -6.27. The summed E-state index contributed by atoms with van der Waals surface area (Å²) in [6.45, 7) is 23.2. The Balaban J connectivity index is 0.000000188. The van der Waals surface area contributed by atoms with Gasteiger partial charge in [0, 0.05) is 78.7 Å². The second kappa shape index (κ2) is 21.6. The highest BCUT2D eigenvalue weighted by Gasteiger charge is 2.22. The number of likely N-dealkylation sites (N-methyl/N-ethyl adjacent to an activating group) is 2. The van der Waals surface area contributed by atoms with Gasteiger partial charge in [0.25, 0.3) is 11.1 Å². The van der Waals surface area contributed by atoms with E-state index in [2.05, 4.69) is 96.8 Å². The molecule has 2 aromatic carbocycles. The van der Waals surface area contributed by atoms with Crippen LogP contribution in [-0.4, -0.2) is 143 Å². The zero-order valence-electron chi connectivity index (χ0n) is 40.1. The maximum Gasteiger partial charge on any atom is 0.279 e. The molecule has 17 heteroatoms. The number of H-pyrrole nitrogens is 2. The van der Waals surface area contributed by atoms with Crippen molar-refractivity contribution in [3.05, 3.63) is 110 Å². The summed E-state index contributed by atoms with van der Waals surface area (Å²) in [7, 11) is 3.92. The summed E-state index contributed by atoms with van der Waals surface area (Å²) in [5.41, 5.74) is 8.15. The minimum absolute atomic E-state index is 0.194. The average molecular weight is 912 g/mol. The lowest BCUT2D eigenvalue weighted by atomic mass is 10.1. The van der Waals surface area contributed by atoms with Crippen molar-refractivity contribution in [1.29, 1.82) is 0 Å². The van der Waals surface area contributed by atoms with E-state index in [0.717, 1.165) is 118 Å². The Morgan fingerprint density at radius 2 is 1.27 bits per heavy atom. The zero-order chi connectivity index (χ0) is 47.0. The van der Waals surface area contributed by atoms with Crippen LogP contribution >= 0.6 is 0 Å². The van der Waals surface area contributed by atoms with Gasteiger partial charge < -0.3 is 29.2 Å². The predicted molar refractivity (Wildman–Crippen MR) is 263 cm³/mol. The van der Waals surface area contributed by atoms with Crippen LogP contribution in [0, 0.1) is 6.92 Å². The molecule has 354 valence electrons. The third-order valence-electron chi connectivity index (χ3n) is 12.6. The molecule has 0 atom stereocenters. The molecule has 0 saturated carbocycles. The van der Waals surface area contributed by atoms with Crippen LogP contribution in [0.2, 0.25) is 0 Å². The Morgan fingerprint density at radius 3 is 1.87 bits per heavy atom. The largest absolute Gasteiger partial charge is 0.493 e. The molecule has 5 aromatic heterocycles. The summed E-state index contributed by atoms with van der Waals surface area (Å²) in [5, 5.41) is 8.96. The van der Waals surface area contributed by atoms with E-state index in [1.54, 1.807) is 17.9 Å². The molecule has 2 aliphatic rings. The number of benzene rings is 2. The lowest BCUT2D eigenvalue weighted by molar-refractivity contribution is 0.132. The van der Waals surface area contributed by atoms with Gasteiger partial charge in [-0.15, -0.1) is 0 Å². The smallest absolute Gasteiger partial charge is 0.279 e. The SMILES string of the molecule is CCCOc1ccc(CN2CCN(CC)CC2)cc1-c1nc2c(CC)n(Cc3ccccn3)nc2c(=O)[nH]1.CCOc1ccc(CN2CCN(C)CC2)cc1-c1nc2c(C)nn(C)c2c(=O)[nH]1. The summed E-state index contributed by atoms with van der Waals surface area (Å²) < 4.78 is 15.4. The van der Waals surface area contributed by atoms with Gasteiger partial charge in [-0.3, -0.25) is 33.7 Å².